The molecule has 30 heavy (non-hydrogen) atoms. The number of benzene rings is 1. The summed E-state index contributed by atoms with van der Waals surface area (Å²) < 4.78 is 6.63. The van der Waals surface area contributed by atoms with Gasteiger partial charge >= 0.3 is 5.97 Å². The van der Waals surface area contributed by atoms with Crippen molar-refractivity contribution < 1.29 is 14.3 Å². The van der Waals surface area contributed by atoms with Crippen LogP contribution in [0.2, 0.25) is 0 Å². The van der Waals surface area contributed by atoms with Gasteiger partial charge in [-0.3, -0.25) is 14.9 Å². The number of aromatic nitrogens is 3. The molecule has 152 valence electrons. The predicted molar refractivity (Wildman–Crippen MR) is 117 cm³/mol. The molecule has 0 aliphatic carbocycles. The van der Waals surface area contributed by atoms with Crippen molar-refractivity contribution in [2.45, 2.75) is 13.3 Å². The number of hydrogen-bond acceptors (Lipinski definition) is 7. The van der Waals surface area contributed by atoms with Crippen LogP contribution in [0.25, 0.3) is 16.3 Å². The summed E-state index contributed by atoms with van der Waals surface area (Å²) in [7, 11) is 0. The Morgan fingerprint density at radius 3 is 2.70 bits per heavy atom. The van der Waals surface area contributed by atoms with Crippen LogP contribution in [0.4, 0.5) is 5.13 Å². The van der Waals surface area contributed by atoms with E-state index in [1.807, 2.05) is 47.8 Å². The molecule has 1 N–H and O–H groups in total. The molecule has 0 bridgehead atoms. The summed E-state index contributed by atoms with van der Waals surface area (Å²) in [6.07, 6.45) is 1.79. The molecule has 0 fully saturated rings. The smallest absolute Gasteiger partial charge is 0.311 e. The molecular formula is C21H18N4O3S2. The summed E-state index contributed by atoms with van der Waals surface area (Å²) in [6, 6.07) is 13.5. The fourth-order valence-electron chi connectivity index (χ4n) is 2.82. The lowest BCUT2D eigenvalue weighted by molar-refractivity contribution is -0.142. The van der Waals surface area contributed by atoms with Crippen LogP contribution in [0.5, 0.6) is 0 Å². The Morgan fingerprint density at radius 2 is 1.97 bits per heavy atom. The van der Waals surface area contributed by atoms with Gasteiger partial charge in [-0.2, -0.15) is 5.10 Å². The standard InChI is InChI=1S/C21H18N4O3S2/c1-2-28-18(26)11-14-13-30-21(22-14)23-20(27)16-12-25(15-7-4-3-5-8-15)24-19(16)17-9-6-10-29-17/h3-10,12-13H,2,11H2,1H3,(H,22,23,27). The Labute approximate surface area is 181 Å². The highest BCUT2D eigenvalue weighted by Gasteiger charge is 2.20. The number of carbonyl (C=O) groups excluding carboxylic acids is 2. The van der Waals surface area contributed by atoms with E-state index in [1.165, 1.54) is 22.7 Å². The van der Waals surface area contributed by atoms with Gasteiger partial charge in [0.1, 0.15) is 5.69 Å². The summed E-state index contributed by atoms with van der Waals surface area (Å²) in [5.74, 6) is -0.651. The Morgan fingerprint density at radius 1 is 1.13 bits per heavy atom. The molecule has 1 amide bonds. The molecule has 7 nitrogen and oxygen atoms in total. The fourth-order valence-corrected chi connectivity index (χ4v) is 4.25. The maximum Gasteiger partial charge on any atom is 0.311 e. The molecule has 3 heterocycles. The average molecular weight is 439 g/mol. The maximum absolute atomic E-state index is 13.0. The quantitative estimate of drug-likeness (QED) is 0.432. The van der Waals surface area contributed by atoms with Gasteiger partial charge in [0.2, 0.25) is 0 Å². The highest BCUT2D eigenvalue weighted by atomic mass is 32.1. The van der Waals surface area contributed by atoms with E-state index in [2.05, 4.69) is 15.4 Å². The van der Waals surface area contributed by atoms with E-state index >= 15 is 0 Å². The fraction of sp³-hybridized carbons (Fsp3) is 0.143. The van der Waals surface area contributed by atoms with Crippen molar-refractivity contribution in [3.05, 3.63) is 70.7 Å². The van der Waals surface area contributed by atoms with Gasteiger partial charge in [-0.15, -0.1) is 22.7 Å². The predicted octanol–water partition coefficient (Wildman–Crippen LogP) is 4.42. The third-order valence-electron chi connectivity index (χ3n) is 4.14. The molecule has 0 atom stereocenters. The zero-order valence-electron chi connectivity index (χ0n) is 16.1. The van der Waals surface area contributed by atoms with Gasteiger partial charge in [-0.05, 0) is 30.5 Å². The first-order valence-electron chi connectivity index (χ1n) is 9.24. The molecular weight excluding hydrogens is 420 g/mol. The van der Waals surface area contributed by atoms with E-state index in [1.54, 1.807) is 23.2 Å². The van der Waals surface area contributed by atoms with Gasteiger partial charge in [0.25, 0.3) is 5.91 Å². The second-order valence-corrected chi connectivity index (χ2v) is 8.03. The van der Waals surface area contributed by atoms with Gasteiger partial charge in [0.15, 0.2) is 5.13 Å². The van der Waals surface area contributed by atoms with Crippen LogP contribution < -0.4 is 5.32 Å². The van der Waals surface area contributed by atoms with Crippen molar-refractivity contribution in [3.8, 4) is 16.3 Å². The SMILES string of the molecule is CCOC(=O)Cc1csc(NC(=O)c2cn(-c3ccccc3)nc2-c2cccs2)n1. The molecule has 0 saturated heterocycles. The van der Waals surface area contributed by atoms with Gasteiger partial charge in [0, 0.05) is 11.6 Å². The van der Waals surface area contributed by atoms with E-state index in [0.717, 1.165) is 10.6 Å². The number of rotatable bonds is 7. The number of anilines is 1. The van der Waals surface area contributed by atoms with Gasteiger partial charge in [-0.25, -0.2) is 9.67 Å². The van der Waals surface area contributed by atoms with Crippen LogP contribution in [0.3, 0.4) is 0 Å². The van der Waals surface area contributed by atoms with Crippen molar-refractivity contribution >= 4 is 39.7 Å². The minimum Gasteiger partial charge on any atom is -0.466 e. The van der Waals surface area contributed by atoms with Crippen LogP contribution in [-0.4, -0.2) is 33.2 Å². The number of ether oxygens (including phenoxy) is 1. The molecule has 3 aromatic heterocycles. The topological polar surface area (TPSA) is 86.1 Å². The molecule has 1 aromatic carbocycles. The zero-order valence-corrected chi connectivity index (χ0v) is 17.7. The second kappa shape index (κ2) is 9.02. The third kappa shape index (κ3) is 4.47. The van der Waals surface area contributed by atoms with Crippen molar-refractivity contribution in [3.63, 3.8) is 0 Å². The highest BCUT2D eigenvalue weighted by molar-refractivity contribution is 7.14. The Hall–Kier alpha value is -3.30. The third-order valence-corrected chi connectivity index (χ3v) is 5.82. The van der Waals surface area contributed by atoms with Crippen LogP contribution in [-0.2, 0) is 16.0 Å². The second-order valence-electron chi connectivity index (χ2n) is 6.23. The molecule has 0 unspecified atom stereocenters. The lowest BCUT2D eigenvalue weighted by Crippen LogP contribution is -2.12. The number of nitrogens with one attached hydrogen (secondary N) is 1. The zero-order chi connectivity index (χ0) is 20.9. The van der Waals surface area contributed by atoms with Gasteiger partial charge in [-0.1, -0.05) is 24.3 Å². The molecule has 4 aromatic rings. The van der Waals surface area contributed by atoms with Crippen molar-refractivity contribution in [1.29, 1.82) is 0 Å². The summed E-state index contributed by atoms with van der Waals surface area (Å²) in [6.45, 7) is 2.08. The first kappa shape index (κ1) is 20.0. The minimum atomic E-state index is -0.343. The Balaban J connectivity index is 1.58. The van der Waals surface area contributed by atoms with E-state index in [9.17, 15) is 9.59 Å². The first-order chi connectivity index (χ1) is 14.6. The van der Waals surface area contributed by atoms with E-state index in [-0.39, 0.29) is 18.3 Å². The number of nitrogens with zero attached hydrogens (tertiary/aromatic N) is 3. The summed E-state index contributed by atoms with van der Waals surface area (Å²) in [5, 5.41) is 11.6. The maximum atomic E-state index is 13.0. The molecule has 9 heteroatoms. The average Bonchev–Trinajstić information content (AvgIpc) is 3.49. The van der Waals surface area contributed by atoms with Crippen LogP contribution in [0.15, 0.2) is 59.4 Å². The number of amides is 1. The van der Waals surface area contributed by atoms with Crippen LogP contribution >= 0.6 is 22.7 Å². The van der Waals surface area contributed by atoms with E-state index in [4.69, 9.17) is 4.74 Å². The van der Waals surface area contributed by atoms with E-state index < -0.39 is 0 Å². The van der Waals surface area contributed by atoms with Crippen molar-refractivity contribution in [2.75, 3.05) is 11.9 Å². The Bertz CT molecular complexity index is 1150. The van der Waals surface area contributed by atoms with Crippen molar-refractivity contribution in [2.24, 2.45) is 0 Å². The van der Waals surface area contributed by atoms with Crippen molar-refractivity contribution in [1.82, 2.24) is 14.8 Å². The van der Waals surface area contributed by atoms with Crippen LogP contribution in [0, 0.1) is 0 Å². The highest BCUT2D eigenvalue weighted by Crippen LogP contribution is 2.28. The van der Waals surface area contributed by atoms with Gasteiger partial charge in [0.05, 0.1) is 34.8 Å². The molecule has 0 radical (unpaired) electrons. The summed E-state index contributed by atoms with van der Waals surface area (Å²) >= 11 is 2.78. The molecule has 4 rings (SSSR count). The lowest BCUT2D eigenvalue weighted by Gasteiger charge is -2.01. The molecule has 0 spiro atoms. The number of para-hydroxylation sites is 1. The number of hydrogen-bond donors (Lipinski definition) is 1. The monoisotopic (exact) mass is 438 g/mol. The number of thiophene rings is 1. The lowest BCUT2D eigenvalue weighted by atomic mass is 10.2. The molecule has 0 saturated carbocycles. The normalized spacial score (nSPS) is 10.7. The summed E-state index contributed by atoms with van der Waals surface area (Å²) in [4.78, 5) is 29.9. The first-order valence-corrected chi connectivity index (χ1v) is 11.0. The van der Waals surface area contributed by atoms with Crippen LogP contribution in [0.1, 0.15) is 23.0 Å². The number of esters is 1. The summed E-state index contributed by atoms with van der Waals surface area (Å²) in [5.41, 5.74) is 2.48. The molecule has 0 aliphatic rings. The van der Waals surface area contributed by atoms with Gasteiger partial charge < -0.3 is 4.74 Å². The number of carbonyl (C=O) groups is 2. The Kier molecular flexibility index (Phi) is 6.01. The largest absolute Gasteiger partial charge is 0.466 e. The molecule has 0 aliphatic heterocycles. The van der Waals surface area contributed by atoms with E-state index in [0.29, 0.717) is 28.7 Å². The number of thiazole rings is 1. The minimum absolute atomic E-state index is 0.0760.